The number of nitrogens with zero attached hydrogens (tertiary/aromatic N) is 3. The maximum Gasteiger partial charge on any atom is 0.335 e. The van der Waals surface area contributed by atoms with Gasteiger partial charge in [0.05, 0.1) is 30.4 Å². The molecule has 36 heavy (non-hydrogen) atoms. The van der Waals surface area contributed by atoms with E-state index in [9.17, 15) is 14.7 Å². The topological polar surface area (TPSA) is 84.7 Å². The van der Waals surface area contributed by atoms with Gasteiger partial charge in [0.15, 0.2) is 0 Å². The third-order valence-corrected chi connectivity index (χ3v) is 7.16. The summed E-state index contributed by atoms with van der Waals surface area (Å²) in [4.78, 5) is 31.7. The molecular formula is C29H37N3O4. The van der Waals surface area contributed by atoms with Crippen molar-refractivity contribution in [1.29, 1.82) is 0 Å². The first-order chi connectivity index (χ1) is 17.4. The highest BCUT2D eigenvalue weighted by Crippen LogP contribution is 2.43. The Labute approximate surface area is 213 Å². The van der Waals surface area contributed by atoms with E-state index in [2.05, 4.69) is 37.2 Å². The van der Waals surface area contributed by atoms with Gasteiger partial charge >= 0.3 is 5.97 Å². The van der Waals surface area contributed by atoms with E-state index in [1.807, 2.05) is 23.2 Å². The molecule has 1 fully saturated rings. The number of amides is 1. The molecule has 2 aliphatic heterocycles. The Kier molecular flexibility index (Phi) is 8.09. The fourth-order valence-electron chi connectivity index (χ4n) is 5.26. The summed E-state index contributed by atoms with van der Waals surface area (Å²) in [6, 6.07) is 7.38. The summed E-state index contributed by atoms with van der Waals surface area (Å²) < 4.78 is 7.63. The molecule has 0 saturated carbocycles. The summed E-state index contributed by atoms with van der Waals surface area (Å²) in [6.45, 7) is 11.5. The molecule has 0 aliphatic carbocycles. The first-order valence-electron chi connectivity index (χ1n) is 13.1. The van der Waals surface area contributed by atoms with Crippen molar-refractivity contribution in [2.75, 3.05) is 26.3 Å². The van der Waals surface area contributed by atoms with Gasteiger partial charge < -0.3 is 19.3 Å². The Hall–Kier alpha value is -3.19. The zero-order valence-electron chi connectivity index (χ0n) is 21.8. The van der Waals surface area contributed by atoms with Crippen molar-refractivity contribution >= 4 is 22.8 Å². The van der Waals surface area contributed by atoms with Crippen molar-refractivity contribution in [2.45, 2.75) is 59.4 Å². The van der Waals surface area contributed by atoms with Crippen LogP contribution in [0.4, 0.5) is 0 Å². The molecule has 3 aromatic rings. The minimum absolute atomic E-state index is 0.134. The van der Waals surface area contributed by atoms with Crippen LogP contribution >= 0.6 is 0 Å². The van der Waals surface area contributed by atoms with Crippen LogP contribution in [-0.2, 0) is 22.5 Å². The molecule has 2 aliphatic rings. The predicted octanol–water partition coefficient (Wildman–Crippen LogP) is 5.36. The van der Waals surface area contributed by atoms with E-state index < -0.39 is 5.97 Å². The standard InChI is InChI=1S/C26H29N3O4.C3H8/c1-3-16(2)23-20-5-4-18(26(31)32)13-22(20)29-15-19(25(30)28-8-10-33-11-9-28)12-17-6-7-27-14-21(17)24(23)29;1-3-2/h4-7,13-14,16,19H,3,8-12,15H2,1-2H3,(H,31,32);3H2,1-2H3. The van der Waals surface area contributed by atoms with E-state index in [1.54, 1.807) is 18.3 Å². The Bertz CT molecular complexity index is 1240. The van der Waals surface area contributed by atoms with Crippen LogP contribution in [-0.4, -0.2) is 57.7 Å². The summed E-state index contributed by atoms with van der Waals surface area (Å²) in [5, 5.41) is 10.7. The number of pyridine rings is 1. The average Bonchev–Trinajstić information content (AvgIpc) is 3.11. The van der Waals surface area contributed by atoms with Gasteiger partial charge in [-0.1, -0.05) is 40.2 Å². The lowest BCUT2D eigenvalue weighted by atomic mass is 9.90. The van der Waals surface area contributed by atoms with Gasteiger partial charge in [-0.05, 0) is 48.1 Å². The van der Waals surface area contributed by atoms with E-state index in [0.717, 1.165) is 34.1 Å². The van der Waals surface area contributed by atoms with Gasteiger partial charge in [0, 0.05) is 48.5 Å². The maximum atomic E-state index is 13.6. The molecule has 1 aromatic carbocycles. The normalized spacial score (nSPS) is 17.9. The molecule has 1 amide bonds. The molecule has 192 valence electrons. The predicted molar refractivity (Wildman–Crippen MR) is 141 cm³/mol. The van der Waals surface area contributed by atoms with Crippen LogP contribution in [0, 0.1) is 5.92 Å². The quantitative estimate of drug-likeness (QED) is 0.531. The second kappa shape index (κ2) is 11.2. The molecule has 4 heterocycles. The van der Waals surface area contributed by atoms with Gasteiger partial charge in [0.1, 0.15) is 0 Å². The van der Waals surface area contributed by atoms with E-state index in [0.29, 0.717) is 39.3 Å². The van der Waals surface area contributed by atoms with Crippen molar-refractivity contribution in [3.63, 3.8) is 0 Å². The number of morpholine rings is 1. The number of carboxylic acids is 1. The van der Waals surface area contributed by atoms with E-state index >= 15 is 0 Å². The van der Waals surface area contributed by atoms with Gasteiger partial charge in [-0.15, -0.1) is 0 Å². The third kappa shape index (κ3) is 4.89. The summed E-state index contributed by atoms with van der Waals surface area (Å²) in [5.74, 6) is -0.775. The summed E-state index contributed by atoms with van der Waals surface area (Å²) in [5.41, 5.74) is 5.56. The highest BCUT2D eigenvalue weighted by molar-refractivity contribution is 5.98. The Balaban J connectivity index is 0.000000967. The monoisotopic (exact) mass is 491 g/mol. The fourth-order valence-corrected chi connectivity index (χ4v) is 5.26. The zero-order chi connectivity index (χ0) is 25.8. The van der Waals surface area contributed by atoms with Crippen LogP contribution in [0.1, 0.15) is 67.9 Å². The molecule has 7 heteroatoms. The number of aromatic nitrogens is 2. The Morgan fingerprint density at radius 2 is 1.89 bits per heavy atom. The molecule has 1 N–H and O–H groups in total. The van der Waals surface area contributed by atoms with E-state index in [4.69, 9.17) is 4.74 Å². The van der Waals surface area contributed by atoms with Gasteiger partial charge in [-0.3, -0.25) is 9.78 Å². The van der Waals surface area contributed by atoms with Gasteiger partial charge in [0.2, 0.25) is 5.91 Å². The molecule has 2 aromatic heterocycles. The van der Waals surface area contributed by atoms with Crippen LogP contribution in [0.25, 0.3) is 22.2 Å². The molecule has 7 nitrogen and oxygen atoms in total. The lowest BCUT2D eigenvalue weighted by molar-refractivity contribution is -0.140. The van der Waals surface area contributed by atoms with Crippen LogP contribution in [0.5, 0.6) is 0 Å². The lowest BCUT2D eigenvalue weighted by Gasteiger charge is -2.30. The zero-order valence-corrected chi connectivity index (χ0v) is 21.8. The van der Waals surface area contributed by atoms with Crippen LogP contribution in [0.3, 0.4) is 0 Å². The summed E-state index contributed by atoms with van der Waals surface area (Å²) in [7, 11) is 0. The van der Waals surface area contributed by atoms with Crippen LogP contribution in [0.15, 0.2) is 36.7 Å². The van der Waals surface area contributed by atoms with Crippen molar-refractivity contribution in [2.24, 2.45) is 5.92 Å². The van der Waals surface area contributed by atoms with E-state index in [-0.39, 0.29) is 23.3 Å². The molecular weight excluding hydrogens is 454 g/mol. The highest BCUT2D eigenvalue weighted by atomic mass is 16.5. The second-order valence-corrected chi connectivity index (χ2v) is 9.80. The Morgan fingerprint density at radius 3 is 2.56 bits per heavy atom. The second-order valence-electron chi connectivity index (χ2n) is 9.80. The molecule has 0 spiro atoms. The molecule has 5 rings (SSSR count). The van der Waals surface area contributed by atoms with Gasteiger partial charge in [0.25, 0.3) is 0 Å². The van der Waals surface area contributed by atoms with Crippen molar-refractivity contribution in [1.82, 2.24) is 14.5 Å². The summed E-state index contributed by atoms with van der Waals surface area (Å²) >= 11 is 0. The number of benzene rings is 1. The number of ether oxygens (including phenoxy) is 1. The SMILES string of the molecule is CCC.CCC(C)c1c2n(c3cc(C(=O)O)ccc13)CC(C(=O)N1CCOCC1)Cc1ccncc1-2. The minimum Gasteiger partial charge on any atom is -0.478 e. The van der Waals surface area contributed by atoms with Crippen LogP contribution in [0.2, 0.25) is 0 Å². The van der Waals surface area contributed by atoms with Gasteiger partial charge in [-0.2, -0.15) is 0 Å². The van der Waals surface area contributed by atoms with E-state index in [1.165, 1.54) is 12.0 Å². The first-order valence-corrected chi connectivity index (χ1v) is 13.1. The number of hydrogen-bond acceptors (Lipinski definition) is 4. The molecule has 2 unspecified atom stereocenters. The lowest BCUT2D eigenvalue weighted by Crippen LogP contribution is -2.45. The smallest absolute Gasteiger partial charge is 0.335 e. The molecule has 0 radical (unpaired) electrons. The number of carboxylic acid groups (broad SMARTS) is 1. The first kappa shape index (κ1) is 25.9. The molecule has 0 bridgehead atoms. The average molecular weight is 492 g/mol. The number of fused-ring (bicyclic) bond motifs is 5. The van der Waals surface area contributed by atoms with Crippen LogP contribution < -0.4 is 0 Å². The third-order valence-electron chi connectivity index (χ3n) is 7.16. The fraction of sp³-hybridized carbons (Fsp3) is 0.483. The van der Waals surface area contributed by atoms with Gasteiger partial charge in [-0.25, -0.2) is 4.79 Å². The highest BCUT2D eigenvalue weighted by Gasteiger charge is 2.33. The molecule has 1 saturated heterocycles. The number of rotatable bonds is 4. The Morgan fingerprint density at radius 1 is 1.17 bits per heavy atom. The number of carbonyl (C=O) groups is 2. The number of aromatic carboxylic acids is 1. The van der Waals surface area contributed by atoms with Crippen molar-refractivity contribution in [3.05, 3.63) is 53.3 Å². The number of hydrogen-bond donors (Lipinski definition) is 1. The minimum atomic E-state index is -0.950. The maximum absolute atomic E-state index is 13.6. The molecule has 2 atom stereocenters. The number of carbonyl (C=O) groups excluding carboxylic acids is 1. The van der Waals surface area contributed by atoms with Crippen molar-refractivity contribution in [3.8, 4) is 11.3 Å². The summed E-state index contributed by atoms with van der Waals surface area (Å²) in [6.07, 6.45) is 6.53. The largest absolute Gasteiger partial charge is 0.478 e. The van der Waals surface area contributed by atoms with Crippen molar-refractivity contribution < 1.29 is 19.4 Å².